The average molecular weight is 521 g/mol. The van der Waals surface area contributed by atoms with E-state index in [-0.39, 0.29) is 17.2 Å². The van der Waals surface area contributed by atoms with Crippen molar-refractivity contribution in [3.05, 3.63) is 65.7 Å². The van der Waals surface area contributed by atoms with Crippen LogP contribution < -0.4 is 4.72 Å². The molecule has 198 valence electrons. The lowest BCUT2D eigenvalue weighted by Crippen LogP contribution is -2.51. The summed E-state index contributed by atoms with van der Waals surface area (Å²) in [5.74, 6) is -0.335. The van der Waals surface area contributed by atoms with Gasteiger partial charge in [0, 0.05) is 13.1 Å². The number of carbonyl (C=O) groups excluding carboxylic acids is 1. The molecule has 0 radical (unpaired) electrons. The van der Waals surface area contributed by atoms with Gasteiger partial charge in [-0.1, -0.05) is 48.0 Å². The molecule has 2 aromatic carbocycles. The van der Waals surface area contributed by atoms with Crippen molar-refractivity contribution in [3.63, 3.8) is 0 Å². The van der Waals surface area contributed by atoms with Gasteiger partial charge in [-0.25, -0.2) is 8.42 Å². The maximum Gasteiger partial charge on any atom is 0.241 e. The van der Waals surface area contributed by atoms with Gasteiger partial charge >= 0.3 is 0 Å². The van der Waals surface area contributed by atoms with Crippen LogP contribution in [-0.4, -0.2) is 91.2 Å². The number of hydrogen-bond acceptors (Lipinski definition) is 7. The predicted octanol–water partition coefficient (Wildman–Crippen LogP) is 1.79. The monoisotopic (exact) mass is 520 g/mol. The second-order valence-corrected chi connectivity index (χ2v) is 10.2. The molecule has 1 amide bonds. The molecular formula is C26H36N2O7S. The fourth-order valence-electron chi connectivity index (χ4n) is 3.67. The zero-order valence-electron chi connectivity index (χ0n) is 20.8. The number of nitrogens with one attached hydrogen (secondary N) is 1. The third kappa shape index (κ3) is 9.61. The lowest BCUT2D eigenvalue weighted by Gasteiger charge is -2.28. The van der Waals surface area contributed by atoms with Crippen LogP contribution in [0.3, 0.4) is 0 Å². The first-order valence-electron chi connectivity index (χ1n) is 12.2. The number of sulfonamides is 1. The number of aryl methyl sites for hydroxylation is 1. The van der Waals surface area contributed by atoms with E-state index in [9.17, 15) is 13.2 Å². The molecule has 0 unspecified atom stereocenters. The average Bonchev–Trinajstić information content (AvgIpc) is 2.88. The molecule has 0 aliphatic carbocycles. The highest BCUT2D eigenvalue weighted by molar-refractivity contribution is 7.89. The van der Waals surface area contributed by atoms with E-state index in [1.165, 1.54) is 12.1 Å². The van der Waals surface area contributed by atoms with Crippen molar-refractivity contribution in [2.45, 2.75) is 24.3 Å². The summed E-state index contributed by atoms with van der Waals surface area (Å²) in [5.41, 5.74) is 1.80. The summed E-state index contributed by atoms with van der Waals surface area (Å²) in [5, 5.41) is 0. The number of nitrogens with zero attached hydrogens (tertiary/aromatic N) is 1. The Kier molecular flexibility index (Phi) is 11.8. The predicted molar refractivity (Wildman–Crippen MR) is 135 cm³/mol. The Balaban J connectivity index is 1.76. The Morgan fingerprint density at radius 1 is 0.806 bits per heavy atom. The van der Waals surface area contributed by atoms with Crippen LogP contribution in [0.5, 0.6) is 0 Å². The van der Waals surface area contributed by atoms with Gasteiger partial charge in [-0.05, 0) is 31.0 Å². The highest BCUT2D eigenvalue weighted by atomic mass is 32.2. The standard InChI is InChI=1S/C26H36N2O7S/c1-22-7-9-24(10-8-22)36(30,31)27-25(21-23-5-3-2-4-6-23)26(29)28-11-13-32-15-17-34-19-20-35-18-16-33-14-12-28/h2-10,25,27H,11-21H2,1H3/t25-/m0/s1. The quantitative estimate of drug-likeness (QED) is 0.620. The molecule has 3 rings (SSSR count). The van der Waals surface area contributed by atoms with Crippen LogP contribution in [0.15, 0.2) is 59.5 Å². The molecule has 0 bridgehead atoms. The summed E-state index contributed by atoms with van der Waals surface area (Å²) in [7, 11) is -3.93. The summed E-state index contributed by atoms with van der Waals surface area (Å²) in [6, 6.07) is 14.9. The number of benzene rings is 2. The van der Waals surface area contributed by atoms with Crippen LogP contribution in [0.2, 0.25) is 0 Å². The molecule has 1 aliphatic heterocycles. The van der Waals surface area contributed by atoms with Crippen molar-refractivity contribution >= 4 is 15.9 Å². The first-order chi connectivity index (χ1) is 17.5. The molecule has 1 heterocycles. The van der Waals surface area contributed by atoms with Gasteiger partial charge in [0.2, 0.25) is 15.9 Å². The fourth-order valence-corrected chi connectivity index (χ4v) is 4.85. The van der Waals surface area contributed by atoms with Crippen LogP contribution in [0, 0.1) is 6.92 Å². The molecule has 0 spiro atoms. The van der Waals surface area contributed by atoms with Gasteiger partial charge in [0.05, 0.1) is 57.8 Å². The van der Waals surface area contributed by atoms with Crippen LogP contribution >= 0.6 is 0 Å². The summed E-state index contributed by atoms with van der Waals surface area (Å²) in [4.78, 5) is 15.4. The van der Waals surface area contributed by atoms with Crippen molar-refractivity contribution in [3.8, 4) is 0 Å². The summed E-state index contributed by atoms with van der Waals surface area (Å²) >= 11 is 0. The van der Waals surface area contributed by atoms with E-state index in [2.05, 4.69) is 4.72 Å². The number of rotatable bonds is 6. The molecule has 2 aromatic rings. The van der Waals surface area contributed by atoms with Gasteiger partial charge in [0.15, 0.2) is 0 Å². The molecular weight excluding hydrogens is 484 g/mol. The number of amides is 1. The van der Waals surface area contributed by atoms with E-state index in [0.717, 1.165) is 11.1 Å². The van der Waals surface area contributed by atoms with Gasteiger partial charge < -0.3 is 23.8 Å². The third-order valence-corrected chi connectivity index (χ3v) is 7.14. The van der Waals surface area contributed by atoms with Crippen LogP contribution in [0.1, 0.15) is 11.1 Å². The highest BCUT2D eigenvalue weighted by Gasteiger charge is 2.29. The number of hydrogen-bond donors (Lipinski definition) is 1. The van der Waals surface area contributed by atoms with E-state index >= 15 is 0 Å². The zero-order valence-corrected chi connectivity index (χ0v) is 21.6. The second kappa shape index (κ2) is 15.0. The van der Waals surface area contributed by atoms with Crippen LogP contribution in [0.4, 0.5) is 0 Å². The zero-order chi connectivity index (χ0) is 25.6. The van der Waals surface area contributed by atoms with Gasteiger partial charge in [0.25, 0.3) is 0 Å². The van der Waals surface area contributed by atoms with Crippen molar-refractivity contribution in [2.75, 3.05) is 65.9 Å². The smallest absolute Gasteiger partial charge is 0.241 e. The van der Waals surface area contributed by atoms with Gasteiger partial charge in [0.1, 0.15) is 6.04 Å². The Morgan fingerprint density at radius 3 is 1.83 bits per heavy atom. The van der Waals surface area contributed by atoms with E-state index in [4.69, 9.17) is 18.9 Å². The minimum absolute atomic E-state index is 0.114. The first-order valence-corrected chi connectivity index (χ1v) is 13.7. The molecule has 0 saturated carbocycles. The lowest BCUT2D eigenvalue weighted by atomic mass is 10.1. The number of ether oxygens (including phenoxy) is 4. The summed E-state index contributed by atoms with van der Waals surface area (Å²) < 4.78 is 51.2. The minimum atomic E-state index is -3.93. The molecule has 1 atom stereocenters. The fraction of sp³-hybridized carbons (Fsp3) is 0.500. The van der Waals surface area contributed by atoms with Gasteiger partial charge in [-0.2, -0.15) is 4.72 Å². The molecule has 10 heteroatoms. The topological polar surface area (TPSA) is 103 Å². The summed E-state index contributed by atoms with van der Waals surface area (Å²) in [6.45, 7) is 5.71. The SMILES string of the molecule is Cc1ccc(S(=O)(=O)N[C@@H](Cc2ccccc2)C(=O)N2CCOCCOCCOCCOCC2)cc1. The molecule has 36 heavy (non-hydrogen) atoms. The van der Waals surface area contributed by atoms with Crippen molar-refractivity contribution in [2.24, 2.45) is 0 Å². The minimum Gasteiger partial charge on any atom is -0.377 e. The van der Waals surface area contributed by atoms with Crippen LogP contribution in [0.25, 0.3) is 0 Å². The Labute approximate surface area is 213 Å². The highest BCUT2D eigenvalue weighted by Crippen LogP contribution is 2.14. The molecule has 1 fully saturated rings. The molecule has 1 saturated heterocycles. The Morgan fingerprint density at radius 2 is 1.31 bits per heavy atom. The van der Waals surface area contributed by atoms with Gasteiger partial charge in [-0.15, -0.1) is 0 Å². The van der Waals surface area contributed by atoms with E-state index in [1.807, 2.05) is 37.3 Å². The maximum absolute atomic E-state index is 13.7. The maximum atomic E-state index is 13.7. The van der Waals surface area contributed by atoms with Crippen molar-refractivity contribution < 1.29 is 32.2 Å². The first kappa shape index (κ1) is 28.2. The molecule has 9 nitrogen and oxygen atoms in total. The van der Waals surface area contributed by atoms with Crippen molar-refractivity contribution in [1.82, 2.24) is 9.62 Å². The van der Waals surface area contributed by atoms with E-state index in [1.54, 1.807) is 17.0 Å². The Bertz CT molecular complexity index is 1000. The van der Waals surface area contributed by atoms with E-state index < -0.39 is 16.1 Å². The molecule has 1 aliphatic rings. The number of carbonyl (C=O) groups is 1. The van der Waals surface area contributed by atoms with Gasteiger partial charge in [-0.3, -0.25) is 4.79 Å². The van der Waals surface area contributed by atoms with Crippen molar-refractivity contribution in [1.29, 1.82) is 0 Å². The third-order valence-electron chi connectivity index (χ3n) is 5.65. The molecule has 1 N–H and O–H groups in total. The van der Waals surface area contributed by atoms with E-state index in [0.29, 0.717) is 65.9 Å². The Hall–Kier alpha value is -2.34. The second-order valence-electron chi connectivity index (χ2n) is 8.45. The largest absolute Gasteiger partial charge is 0.377 e. The summed E-state index contributed by atoms with van der Waals surface area (Å²) in [6.07, 6.45) is 0.213. The normalized spacial score (nSPS) is 18.1. The molecule has 0 aromatic heterocycles. The lowest BCUT2D eigenvalue weighted by molar-refractivity contribution is -0.134. The van der Waals surface area contributed by atoms with Crippen LogP contribution in [-0.2, 0) is 40.2 Å².